The largest absolute Gasteiger partial charge is 0.373 e. The molecule has 0 saturated heterocycles. The van der Waals surface area contributed by atoms with Crippen molar-refractivity contribution in [2.24, 2.45) is 11.1 Å². The zero-order valence-corrected chi connectivity index (χ0v) is 11.7. The fraction of sp³-hybridized carbons (Fsp3) is 0.417. The molecule has 1 N–H and O–H groups in total. The van der Waals surface area contributed by atoms with Crippen molar-refractivity contribution in [3.05, 3.63) is 34.3 Å². The van der Waals surface area contributed by atoms with E-state index in [0.29, 0.717) is 5.92 Å². The summed E-state index contributed by atoms with van der Waals surface area (Å²) in [5.41, 5.74) is 4.27. The molecular weight excluding hydrogens is 282 g/mol. The Morgan fingerprint density at radius 1 is 1.35 bits per heavy atom. The first-order valence-corrected chi connectivity index (χ1v) is 6.37. The maximum atomic E-state index is 5.43. The highest BCUT2D eigenvalue weighted by molar-refractivity contribution is 9.10. The summed E-state index contributed by atoms with van der Waals surface area (Å²) in [6, 6.07) is 7.97. The molecule has 17 heavy (non-hydrogen) atoms. The molecule has 1 aliphatic rings. The van der Waals surface area contributed by atoms with Gasteiger partial charge in [-0.05, 0) is 24.3 Å². The zero-order valence-electron chi connectivity index (χ0n) is 10.1. The molecule has 2 rings (SSSR count). The molecule has 1 heterocycles. The molecule has 1 aromatic carbocycles. The van der Waals surface area contributed by atoms with Gasteiger partial charge in [0.25, 0.3) is 0 Å². The number of benzene rings is 1. The lowest BCUT2D eigenvalue weighted by Gasteiger charge is -2.32. The number of oxime groups is 1. The molecule has 1 aliphatic heterocycles. The Hall–Kier alpha value is -1.07. The van der Waals surface area contributed by atoms with Crippen LogP contribution in [-0.2, 0) is 4.84 Å². The molecule has 1 aromatic rings. The lowest BCUT2D eigenvalue weighted by molar-refractivity contribution is -0.0484. The molecule has 0 spiro atoms. The summed E-state index contributed by atoms with van der Waals surface area (Å²) in [5, 5.41) is 6.08. The van der Waals surface area contributed by atoms with Gasteiger partial charge in [0, 0.05) is 23.0 Å². The van der Waals surface area contributed by atoms with Crippen LogP contribution < -0.4 is 5.43 Å². The van der Waals surface area contributed by atoms with Gasteiger partial charge in [-0.15, -0.1) is 0 Å². The van der Waals surface area contributed by atoms with E-state index in [2.05, 4.69) is 40.4 Å². The molecule has 1 atom stereocenters. The molecule has 0 bridgehead atoms. The average molecular weight is 298 g/mol. The predicted octanol–water partition coefficient (Wildman–Crippen LogP) is 2.56. The molecule has 0 fully saturated rings. The quantitative estimate of drug-likeness (QED) is 0.911. The Balaban J connectivity index is 2.19. The van der Waals surface area contributed by atoms with E-state index in [-0.39, 0.29) is 6.23 Å². The van der Waals surface area contributed by atoms with Gasteiger partial charge in [0.2, 0.25) is 0 Å². The first kappa shape index (κ1) is 12.4. The number of nitrogens with one attached hydrogen (secondary N) is 1. The number of halogens is 1. The highest BCUT2D eigenvalue weighted by Crippen LogP contribution is 2.16. The molecule has 4 nitrogen and oxygen atoms in total. The molecule has 0 radical (unpaired) electrons. The Bertz CT molecular complexity index is 416. The third-order valence-electron chi connectivity index (χ3n) is 2.60. The van der Waals surface area contributed by atoms with Gasteiger partial charge in [0.1, 0.15) is 0 Å². The smallest absolute Gasteiger partial charge is 0.197 e. The number of rotatable bonds is 2. The lowest BCUT2D eigenvalue weighted by Crippen LogP contribution is -2.52. The van der Waals surface area contributed by atoms with Crippen LogP contribution in [0.25, 0.3) is 0 Å². The maximum absolute atomic E-state index is 5.43. The Kier molecular flexibility index (Phi) is 3.69. The minimum absolute atomic E-state index is 0.0702. The Labute approximate surface area is 110 Å². The summed E-state index contributed by atoms with van der Waals surface area (Å²) in [4.78, 5) is 5.43. The number of nitrogens with zero attached hydrogens (tertiary/aromatic N) is 2. The minimum atomic E-state index is -0.0702. The van der Waals surface area contributed by atoms with Crippen LogP contribution in [0.2, 0.25) is 0 Å². The van der Waals surface area contributed by atoms with Crippen LogP contribution in [0.4, 0.5) is 0 Å². The zero-order chi connectivity index (χ0) is 12.4. The molecule has 92 valence electrons. The summed E-state index contributed by atoms with van der Waals surface area (Å²) < 4.78 is 1.05. The summed E-state index contributed by atoms with van der Waals surface area (Å²) in [7, 11) is 1.94. The van der Waals surface area contributed by atoms with E-state index in [1.54, 1.807) is 0 Å². The lowest BCUT2D eigenvalue weighted by atomic mass is 10.2. The van der Waals surface area contributed by atoms with Gasteiger partial charge < -0.3 is 4.84 Å². The van der Waals surface area contributed by atoms with Crippen LogP contribution in [-0.4, -0.2) is 24.1 Å². The van der Waals surface area contributed by atoms with E-state index in [1.807, 2.05) is 36.3 Å². The van der Waals surface area contributed by atoms with Crippen molar-refractivity contribution in [2.45, 2.75) is 20.1 Å². The molecule has 1 unspecified atom stereocenters. The van der Waals surface area contributed by atoms with Gasteiger partial charge in [-0.3, -0.25) is 5.01 Å². The minimum Gasteiger partial charge on any atom is -0.373 e. The number of amidine groups is 1. The van der Waals surface area contributed by atoms with E-state index < -0.39 is 0 Å². The highest BCUT2D eigenvalue weighted by atomic mass is 79.9. The first-order valence-electron chi connectivity index (χ1n) is 5.57. The maximum Gasteiger partial charge on any atom is 0.197 e. The Morgan fingerprint density at radius 2 is 2.00 bits per heavy atom. The van der Waals surface area contributed by atoms with Gasteiger partial charge in [-0.25, -0.2) is 0 Å². The van der Waals surface area contributed by atoms with Gasteiger partial charge in [-0.1, -0.05) is 34.9 Å². The molecule has 0 saturated carbocycles. The van der Waals surface area contributed by atoms with Gasteiger partial charge in [0.15, 0.2) is 12.1 Å². The van der Waals surface area contributed by atoms with Gasteiger partial charge in [0.05, 0.1) is 0 Å². The van der Waals surface area contributed by atoms with Crippen LogP contribution in [0.5, 0.6) is 0 Å². The summed E-state index contributed by atoms with van der Waals surface area (Å²) >= 11 is 3.41. The van der Waals surface area contributed by atoms with E-state index in [0.717, 1.165) is 15.9 Å². The molecule has 5 heteroatoms. The topological polar surface area (TPSA) is 36.9 Å². The molecule has 0 amide bonds. The van der Waals surface area contributed by atoms with Gasteiger partial charge >= 0.3 is 0 Å². The number of hydrogen-bond acceptors (Lipinski definition) is 4. The van der Waals surface area contributed by atoms with Crippen molar-refractivity contribution < 1.29 is 4.84 Å². The fourth-order valence-corrected chi connectivity index (χ4v) is 1.82. The third kappa shape index (κ3) is 2.79. The van der Waals surface area contributed by atoms with Crippen LogP contribution >= 0.6 is 15.9 Å². The summed E-state index contributed by atoms with van der Waals surface area (Å²) in [5.74, 6) is 1.15. The van der Waals surface area contributed by atoms with Crippen molar-refractivity contribution in [3.8, 4) is 0 Å². The monoisotopic (exact) mass is 297 g/mol. The molecular formula is C12H16BrN3O. The van der Waals surface area contributed by atoms with Gasteiger partial charge in [-0.2, -0.15) is 5.43 Å². The number of hydrazine groups is 1. The van der Waals surface area contributed by atoms with Crippen LogP contribution in [0.15, 0.2) is 33.9 Å². The Morgan fingerprint density at radius 3 is 2.53 bits per heavy atom. The molecule has 0 aliphatic carbocycles. The van der Waals surface area contributed by atoms with Crippen molar-refractivity contribution in [2.75, 3.05) is 7.05 Å². The summed E-state index contributed by atoms with van der Waals surface area (Å²) in [6.07, 6.45) is -0.0702. The first-order chi connectivity index (χ1) is 8.08. The van der Waals surface area contributed by atoms with Crippen LogP contribution in [0.3, 0.4) is 0 Å². The van der Waals surface area contributed by atoms with E-state index in [4.69, 9.17) is 4.84 Å². The van der Waals surface area contributed by atoms with Crippen molar-refractivity contribution in [1.82, 2.24) is 10.4 Å². The number of hydrogen-bond donors (Lipinski definition) is 1. The van der Waals surface area contributed by atoms with E-state index in [9.17, 15) is 0 Å². The van der Waals surface area contributed by atoms with E-state index in [1.165, 1.54) is 0 Å². The van der Waals surface area contributed by atoms with E-state index >= 15 is 0 Å². The third-order valence-corrected chi connectivity index (χ3v) is 3.13. The highest BCUT2D eigenvalue weighted by Gasteiger charge is 2.24. The van der Waals surface area contributed by atoms with Crippen molar-refractivity contribution >= 4 is 21.8 Å². The normalized spacial score (nSPS) is 20.2. The SMILES string of the molecule is CC(C)C1NN(C)C(c2ccc(Br)cc2)=NO1. The van der Waals surface area contributed by atoms with Crippen LogP contribution in [0, 0.1) is 5.92 Å². The van der Waals surface area contributed by atoms with Crippen molar-refractivity contribution in [1.29, 1.82) is 0 Å². The van der Waals surface area contributed by atoms with Crippen LogP contribution in [0.1, 0.15) is 19.4 Å². The average Bonchev–Trinajstić information content (AvgIpc) is 2.30. The predicted molar refractivity (Wildman–Crippen MR) is 71.3 cm³/mol. The molecule has 0 aromatic heterocycles. The second kappa shape index (κ2) is 5.06. The standard InChI is InChI=1S/C12H16BrN3O/c1-8(2)12-14-16(3)11(15-17-12)9-4-6-10(13)7-5-9/h4-8,12,14H,1-3H3. The second-order valence-electron chi connectivity index (χ2n) is 4.38. The van der Waals surface area contributed by atoms with Crippen molar-refractivity contribution in [3.63, 3.8) is 0 Å². The second-order valence-corrected chi connectivity index (χ2v) is 5.30. The summed E-state index contributed by atoms with van der Waals surface area (Å²) in [6.45, 7) is 4.18. The fourth-order valence-electron chi connectivity index (χ4n) is 1.56.